The van der Waals surface area contributed by atoms with Crippen LogP contribution in [0.2, 0.25) is 0 Å². The molecule has 1 rings (SSSR count). The zero-order valence-corrected chi connectivity index (χ0v) is 13.1. The minimum atomic E-state index is -0.268. The summed E-state index contributed by atoms with van der Waals surface area (Å²) >= 11 is 0. The zero-order valence-electron chi connectivity index (χ0n) is 13.1. The van der Waals surface area contributed by atoms with E-state index in [0.29, 0.717) is 45.8 Å². The summed E-state index contributed by atoms with van der Waals surface area (Å²) in [4.78, 5) is 40.1. The maximum Gasteiger partial charge on any atom is 0.306 e. The van der Waals surface area contributed by atoms with Crippen molar-refractivity contribution in [1.82, 2.24) is 14.7 Å². The second-order valence-corrected chi connectivity index (χ2v) is 5.08. The van der Waals surface area contributed by atoms with Gasteiger partial charge in [0, 0.05) is 39.6 Å². The Morgan fingerprint density at radius 1 is 1.10 bits per heavy atom. The van der Waals surface area contributed by atoms with Crippen molar-refractivity contribution in [1.29, 1.82) is 0 Å². The lowest BCUT2D eigenvalue weighted by Gasteiger charge is -2.35. The van der Waals surface area contributed by atoms with Crippen LogP contribution in [0, 0.1) is 0 Å². The van der Waals surface area contributed by atoms with E-state index in [4.69, 9.17) is 0 Å². The number of nitrogens with zero attached hydrogens (tertiary/aromatic N) is 3. The van der Waals surface area contributed by atoms with Crippen LogP contribution in [0.4, 0.5) is 0 Å². The molecule has 0 bridgehead atoms. The van der Waals surface area contributed by atoms with Gasteiger partial charge in [0.2, 0.25) is 11.8 Å². The molecule has 1 saturated heterocycles. The number of hydrogen-bond donors (Lipinski definition) is 0. The van der Waals surface area contributed by atoms with Crippen LogP contribution >= 0.6 is 0 Å². The van der Waals surface area contributed by atoms with Gasteiger partial charge in [0.1, 0.15) is 0 Å². The first-order valence-electron chi connectivity index (χ1n) is 7.30. The van der Waals surface area contributed by atoms with Gasteiger partial charge in [-0.25, -0.2) is 0 Å². The van der Waals surface area contributed by atoms with Crippen LogP contribution in [0.25, 0.3) is 0 Å². The highest BCUT2D eigenvalue weighted by Gasteiger charge is 2.23. The van der Waals surface area contributed by atoms with Crippen LogP contribution in [-0.4, -0.2) is 85.4 Å². The second-order valence-electron chi connectivity index (χ2n) is 5.08. The van der Waals surface area contributed by atoms with Crippen LogP contribution in [-0.2, 0) is 19.1 Å². The number of rotatable bonds is 6. The van der Waals surface area contributed by atoms with Gasteiger partial charge in [0.25, 0.3) is 0 Å². The predicted molar refractivity (Wildman–Crippen MR) is 77.6 cm³/mol. The van der Waals surface area contributed by atoms with Crippen molar-refractivity contribution in [3.63, 3.8) is 0 Å². The number of esters is 1. The molecule has 0 N–H and O–H groups in total. The molecule has 0 aromatic carbocycles. The number of methoxy groups -OCH3 is 1. The highest BCUT2D eigenvalue weighted by atomic mass is 16.5. The van der Waals surface area contributed by atoms with Gasteiger partial charge in [-0.15, -0.1) is 0 Å². The Morgan fingerprint density at radius 3 is 2.14 bits per heavy atom. The van der Waals surface area contributed by atoms with Crippen molar-refractivity contribution >= 4 is 17.8 Å². The van der Waals surface area contributed by atoms with Crippen molar-refractivity contribution in [3.8, 4) is 0 Å². The molecule has 0 saturated carbocycles. The molecule has 1 aliphatic rings. The predicted octanol–water partition coefficient (Wildman–Crippen LogP) is -0.438. The summed E-state index contributed by atoms with van der Waals surface area (Å²) in [7, 11) is 1.36. The number of amides is 2. The topological polar surface area (TPSA) is 70.2 Å². The first-order valence-corrected chi connectivity index (χ1v) is 7.30. The monoisotopic (exact) mass is 299 g/mol. The number of ether oxygens (including phenoxy) is 1. The Morgan fingerprint density at radius 2 is 1.67 bits per heavy atom. The molecule has 1 aliphatic heterocycles. The minimum absolute atomic E-state index is 0.0462. The molecule has 0 aromatic heterocycles. The number of piperazine rings is 1. The Balaban J connectivity index is 2.37. The summed E-state index contributed by atoms with van der Waals surface area (Å²) in [6.07, 6.45) is 0.287. The highest BCUT2D eigenvalue weighted by Crippen LogP contribution is 2.04. The SMILES string of the molecule is CCN(CCC(=O)OC)CC(=O)N1CCN(C(C)=O)CC1. The first-order chi connectivity index (χ1) is 9.97. The largest absolute Gasteiger partial charge is 0.469 e. The number of carbonyl (C=O) groups is 3. The normalized spacial score (nSPS) is 15.2. The van der Waals surface area contributed by atoms with Crippen LogP contribution in [0.3, 0.4) is 0 Å². The van der Waals surface area contributed by atoms with E-state index in [9.17, 15) is 14.4 Å². The third-order valence-corrected chi connectivity index (χ3v) is 3.74. The quantitative estimate of drug-likeness (QED) is 0.622. The Labute approximate surface area is 125 Å². The summed E-state index contributed by atoms with van der Waals surface area (Å²) in [5.41, 5.74) is 0. The van der Waals surface area contributed by atoms with E-state index in [-0.39, 0.29) is 24.2 Å². The summed E-state index contributed by atoms with van der Waals surface area (Å²) in [6.45, 7) is 7.36. The van der Waals surface area contributed by atoms with Crippen molar-refractivity contribution in [3.05, 3.63) is 0 Å². The Hall–Kier alpha value is -1.63. The molecule has 0 aromatic rings. The molecular weight excluding hydrogens is 274 g/mol. The Kier molecular flexibility index (Phi) is 7.14. The standard InChI is InChI=1S/C14H25N3O4/c1-4-15(6-5-14(20)21-3)11-13(19)17-9-7-16(8-10-17)12(2)18/h4-11H2,1-3H3. The van der Waals surface area contributed by atoms with Gasteiger partial charge in [-0.1, -0.05) is 6.92 Å². The van der Waals surface area contributed by atoms with E-state index in [2.05, 4.69) is 4.74 Å². The molecule has 0 aliphatic carbocycles. The Bertz CT molecular complexity index is 378. The van der Waals surface area contributed by atoms with E-state index in [1.54, 1.807) is 16.7 Å². The average Bonchev–Trinajstić information content (AvgIpc) is 2.50. The lowest BCUT2D eigenvalue weighted by atomic mass is 10.3. The van der Waals surface area contributed by atoms with E-state index in [0.717, 1.165) is 0 Å². The molecule has 7 nitrogen and oxygen atoms in total. The van der Waals surface area contributed by atoms with Gasteiger partial charge < -0.3 is 14.5 Å². The van der Waals surface area contributed by atoms with Crippen molar-refractivity contribution < 1.29 is 19.1 Å². The van der Waals surface area contributed by atoms with Crippen molar-refractivity contribution in [2.24, 2.45) is 0 Å². The van der Waals surface area contributed by atoms with Crippen LogP contribution < -0.4 is 0 Å². The van der Waals surface area contributed by atoms with Crippen molar-refractivity contribution in [2.75, 3.05) is 52.9 Å². The second kappa shape index (κ2) is 8.61. The van der Waals surface area contributed by atoms with Crippen molar-refractivity contribution in [2.45, 2.75) is 20.3 Å². The first kappa shape index (κ1) is 17.4. The third-order valence-electron chi connectivity index (χ3n) is 3.74. The van der Waals surface area contributed by atoms with E-state index in [1.807, 2.05) is 11.8 Å². The van der Waals surface area contributed by atoms with Gasteiger partial charge in [0.05, 0.1) is 20.1 Å². The lowest BCUT2D eigenvalue weighted by Crippen LogP contribution is -2.52. The van der Waals surface area contributed by atoms with Gasteiger partial charge in [-0.2, -0.15) is 0 Å². The summed E-state index contributed by atoms with van der Waals surface area (Å²) in [5.74, 6) is -0.170. The molecule has 1 fully saturated rings. The fraction of sp³-hybridized carbons (Fsp3) is 0.786. The fourth-order valence-corrected chi connectivity index (χ4v) is 2.26. The van der Waals surface area contributed by atoms with Gasteiger partial charge in [0.15, 0.2) is 0 Å². The zero-order chi connectivity index (χ0) is 15.8. The summed E-state index contributed by atoms with van der Waals surface area (Å²) in [5, 5.41) is 0. The molecule has 7 heteroatoms. The molecule has 120 valence electrons. The van der Waals surface area contributed by atoms with Gasteiger partial charge in [-0.05, 0) is 6.54 Å². The maximum atomic E-state index is 12.2. The molecule has 2 amide bonds. The molecule has 21 heavy (non-hydrogen) atoms. The molecule has 0 unspecified atom stereocenters. The molecule has 0 radical (unpaired) electrons. The number of hydrogen-bond acceptors (Lipinski definition) is 5. The molecular formula is C14H25N3O4. The highest BCUT2D eigenvalue weighted by molar-refractivity contribution is 5.79. The van der Waals surface area contributed by atoms with Crippen LogP contribution in [0.5, 0.6) is 0 Å². The summed E-state index contributed by atoms with van der Waals surface area (Å²) in [6, 6.07) is 0. The molecule has 0 atom stereocenters. The lowest BCUT2D eigenvalue weighted by molar-refractivity contribution is -0.142. The van der Waals surface area contributed by atoms with Crippen LogP contribution in [0.1, 0.15) is 20.3 Å². The summed E-state index contributed by atoms with van der Waals surface area (Å²) < 4.78 is 4.60. The smallest absolute Gasteiger partial charge is 0.306 e. The van der Waals surface area contributed by atoms with E-state index in [1.165, 1.54) is 7.11 Å². The molecule has 0 spiro atoms. The fourth-order valence-electron chi connectivity index (χ4n) is 2.26. The average molecular weight is 299 g/mol. The van der Waals surface area contributed by atoms with Gasteiger partial charge in [-0.3, -0.25) is 19.3 Å². The third kappa shape index (κ3) is 5.71. The van der Waals surface area contributed by atoms with Crippen LogP contribution in [0.15, 0.2) is 0 Å². The molecule has 1 heterocycles. The van der Waals surface area contributed by atoms with Gasteiger partial charge >= 0.3 is 5.97 Å². The number of carbonyl (C=O) groups excluding carboxylic acids is 3. The van der Waals surface area contributed by atoms with E-state index < -0.39 is 0 Å². The number of likely N-dealkylation sites (N-methyl/N-ethyl adjacent to an activating group) is 1. The van der Waals surface area contributed by atoms with E-state index >= 15 is 0 Å². The maximum absolute atomic E-state index is 12.2. The minimum Gasteiger partial charge on any atom is -0.469 e.